The molecule has 1 fully saturated rings. The van der Waals surface area contributed by atoms with Gasteiger partial charge in [-0.3, -0.25) is 19.7 Å². The minimum atomic E-state index is -0.831. The van der Waals surface area contributed by atoms with Gasteiger partial charge in [-0.05, 0) is 55.7 Å². The van der Waals surface area contributed by atoms with E-state index in [1.807, 2.05) is 12.1 Å². The van der Waals surface area contributed by atoms with E-state index in [-0.39, 0.29) is 31.4 Å². The number of nitrogens with zero attached hydrogens (tertiary/aromatic N) is 2. The first-order chi connectivity index (χ1) is 16.8. The minimum Gasteiger partial charge on any atom is -0.447 e. The van der Waals surface area contributed by atoms with E-state index in [4.69, 9.17) is 22.1 Å². The predicted molar refractivity (Wildman–Crippen MR) is 132 cm³/mol. The van der Waals surface area contributed by atoms with Crippen LogP contribution in [0.25, 0.3) is 0 Å². The number of amides is 3. The van der Waals surface area contributed by atoms with Crippen molar-refractivity contribution in [2.45, 2.75) is 31.8 Å². The summed E-state index contributed by atoms with van der Waals surface area (Å²) in [5.74, 6) is -0.247. The second-order valence-electron chi connectivity index (χ2n) is 8.47. The van der Waals surface area contributed by atoms with Crippen molar-refractivity contribution in [2.24, 2.45) is 5.73 Å². The Bertz CT molecular complexity index is 1070. The third-order valence-electron chi connectivity index (χ3n) is 6.27. The van der Waals surface area contributed by atoms with Gasteiger partial charge in [0.2, 0.25) is 12.3 Å². The van der Waals surface area contributed by atoms with Gasteiger partial charge < -0.3 is 20.3 Å². The molecular formula is C25H29ClN4O5. The fraction of sp³-hybridized carbons (Fsp3) is 0.360. The molecule has 0 saturated carbocycles. The molecule has 3 N–H and O–H groups in total. The summed E-state index contributed by atoms with van der Waals surface area (Å²) in [6.07, 6.45) is 0.847. The van der Waals surface area contributed by atoms with Crippen LogP contribution in [0.15, 0.2) is 48.5 Å². The zero-order chi connectivity index (χ0) is 25.4. The molecule has 0 spiro atoms. The van der Waals surface area contributed by atoms with Crippen LogP contribution in [-0.4, -0.2) is 65.8 Å². The van der Waals surface area contributed by atoms with Crippen molar-refractivity contribution in [1.82, 2.24) is 9.80 Å². The number of nitrogens with two attached hydrogens (primary N) is 1. The molecule has 3 amide bonds. The van der Waals surface area contributed by atoms with Gasteiger partial charge in [-0.1, -0.05) is 29.8 Å². The summed E-state index contributed by atoms with van der Waals surface area (Å²) >= 11 is 6.32. The highest BCUT2D eigenvalue weighted by atomic mass is 35.5. The van der Waals surface area contributed by atoms with Crippen molar-refractivity contribution < 1.29 is 23.9 Å². The van der Waals surface area contributed by atoms with Crippen LogP contribution in [0.1, 0.15) is 35.7 Å². The molecule has 1 heterocycles. The number of rotatable bonds is 9. The number of carbonyl (C=O) groups is 4. The molecule has 0 aromatic heterocycles. The van der Waals surface area contributed by atoms with Crippen molar-refractivity contribution in [3.63, 3.8) is 0 Å². The topological polar surface area (TPSA) is 122 Å². The number of anilines is 1. The average Bonchev–Trinajstić information content (AvgIpc) is 2.87. The van der Waals surface area contributed by atoms with E-state index in [0.717, 1.165) is 12.0 Å². The number of carbonyl (C=O) groups excluding carboxylic acids is 4. The number of piperidine rings is 1. The molecule has 2 aromatic rings. The lowest BCUT2D eigenvalue weighted by Gasteiger charge is -2.46. The quantitative estimate of drug-likeness (QED) is 0.403. The third kappa shape index (κ3) is 6.58. The number of likely N-dealkylation sites (tertiary alicyclic amines) is 1. The van der Waals surface area contributed by atoms with Gasteiger partial charge in [-0.15, -0.1) is 0 Å². The number of hydrogen-bond donors (Lipinski definition) is 2. The van der Waals surface area contributed by atoms with E-state index in [1.54, 1.807) is 46.2 Å². The first kappa shape index (κ1) is 26.2. The lowest BCUT2D eigenvalue weighted by molar-refractivity contribution is -0.137. The second kappa shape index (κ2) is 11.8. The fourth-order valence-corrected chi connectivity index (χ4v) is 4.28. The molecule has 10 heteroatoms. The Kier molecular flexibility index (Phi) is 8.84. The number of hydrogen-bond acceptors (Lipinski definition) is 6. The zero-order valence-electron chi connectivity index (χ0n) is 19.5. The molecule has 0 aliphatic carbocycles. The first-order valence-corrected chi connectivity index (χ1v) is 11.6. The molecule has 9 nitrogen and oxygen atoms in total. The number of nitrogens with one attached hydrogen (secondary N) is 1. The number of ether oxygens (including phenoxy) is 1. The predicted octanol–water partition coefficient (Wildman–Crippen LogP) is 3.07. The fourth-order valence-electron chi connectivity index (χ4n) is 4.08. The summed E-state index contributed by atoms with van der Waals surface area (Å²) in [6, 6.07) is 13.7. The molecule has 2 aromatic carbocycles. The van der Waals surface area contributed by atoms with Gasteiger partial charge in [0.05, 0.1) is 12.1 Å². The lowest BCUT2D eigenvalue weighted by atomic mass is 9.86. The third-order valence-corrected chi connectivity index (χ3v) is 6.64. The molecular weight excluding hydrogens is 472 g/mol. The lowest BCUT2D eigenvalue weighted by Crippen LogP contribution is -2.59. The second-order valence-corrected chi connectivity index (χ2v) is 8.88. The Balaban J connectivity index is 1.74. The van der Waals surface area contributed by atoms with Crippen molar-refractivity contribution in [2.75, 3.05) is 31.6 Å². The van der Waals surface area contributed by atoms with Crippen LogP contribution < -0.4 is 11.1 Å². The van der Waals surface area contributed by atoms with Crippen LogP contribution in [-0.2, 0) is 20.9 Å². The number of halogens is 1. The molecule has 0 radical (unpaired) electrons. The van der Waals surface area contributed by atoms with E-state index in [2.05, 4.69) is 5.32 Å². The van der Waals surface area contributed by atoms with Crippen LogP contribution in [0, 0.1) is 0 Å². The van der Waals surface area contributed by atoms with Crippen molar-refractivity contribution >= 4 is 41.5 Å². The molecule has 1 aliphatic heterocycles. The molecule has 3 rings (SSSR count). The van der Waals surface area contributed by atoms with E-state index >= 15 is 0 Å². The Morgan fingerprint density at radius 2 is 1.80 bits per heavy atom. The summed E-state index contributed by atoms with van der Waals surface area (Å²) in [5.41, 5.74) is 6.44. The van der Waals surface area contributed by atoms with Crippen molar-refractivity contribution in [1.29, 1.82) is 0 Å². The molecule has 1 saturated heterocycles. The molecule has 0 bridgehead atoms. The van der Waals surface area contributed by atoms with Gasteiger partial charge in [0.15, 0.2) is 5.78 Å². The van der Waals surface area contributed by atoms with Gasteiger partial charge >= 0.3 is 6.09 Å². The molecule has 35 heavy (non-hydrogen) atoms. The minimum absolute atomic E-state index is 0.0712. The number of ketones is 1. The normalized spacial score (nSPS) is 14.7. The SMILES string of the molecule is CC(=O)c1ccc(NC(=O)OCC2(N(C=O)Cc3ccccc3Cl)CCN(C(=O)CN)CC2)cc1. The molecule has 0 atom stereocenters. The largest absolute Gasteiger partial charge is 0.447 e. The van der Waals surface area contributed by atoms with Gasteiger partial charge in [0.1, 0.15) is 6.61 Å². The summed E-state index contributed by atoms with van der Waals surface area (Å²) < 4.78 is 5.56. The maximum atomic E-state index is 12.5. The van der Waals surface area contributed by atoms with Crippen LogP contribution in [0.5, 0.6) is 0 Å². The summed E-state index contributed by atoms with van der Waals surface area (Å²) in [5, 5.41) is 3.16. The highest BCUT2D eigenvalue weighted by Crippen LogP contribution is 2.31. The Morgan fingerprint density at radius 3 is 2.37 bits per heavy atom. The number of Topliss-reactive ketones (excluding diaryl/α,β-unsaturated/α-hetero) is 1. The van der Waals surface area contributed by atoms with E-state index in [0.29, 0.717) is 42.2 Å². The average molecular weight is 501 g/mol. The van der Waals surface area contributed by atoms with Crippen LogP contribution in [0.3, 0.4) is 0 Å². The van der Waals surface area contributed by atoms with Crippen LogP contribution in [0.2, 0.25) is 5.02 Å². The smallest absolute Gasteiger partial charge is 0.411 e. The Hall–Kier alpha value is -3.43. The van der Waals surface area contributed by atoms with E-state index in [9.17, 15) is 19.2 Å². The Labute approximate surface area is 209 Å². The maximum absolute atomic E-state index is 12.5. The van der Waals surface area contributed by atoms with Gasteiger partial charge in [-0.2, -0.15) is 0 Å². The summed E-state index contributed by atoms with van der Waals surface area (Å²) in [4.78, 5) is 51.5. The highest BCUT2D eigenvalue weighted by molar-refractivity contribution is 6.31. The zero-order valence-corrected chi connectivity index (χ0v) is 20.3. The molecule has 0 unspecified atom stereocenters. The first-order valence-electron chi connectivity index (χ1n) is 11.3. The highest BCUT2D eigenvalue weighted by Gasteiger charge is 2.42. The van der Waals surface area contributed by atoms with Crippen molar-refractivity contribution in [3.05, 3.63) is 64.7 Å². The molecule has 186 valence electrons. The van der Waals surface area contributed by atoms with E-state index < -0.39 is 11.6 Å². The standard InChI is InChI=1S/C25H29ClN4O5/c1-18(32)19-6-8-21(9-7-19)28-24(34)35-16-25(10-12-29(13-11-25)23(33)14-27)30(17-31)15-20-4-2-3-5-22(20)26/h2-9,17H,10-16,27H2,1H3,(H,28,34). The van der Waals surface area contributed by atoms with Crippen LogP contribution >= 0.6 is 11.6 Å². The number of benzene rings is 2. The van der Waals surface area contributed by atoms with E-state index in [1.165, 1.54) is 6.92 Å². The van der Waals surface area contributed by atoms with Crippen LogP contribution in [0.4, 0.5) is 10.5 Å². The Morgan fingerprint density at radius 1 is 1.14 bits per heavy atom. The summed E-state index contributed by atoms with van der Waals surface area (Å²) in [7, 11) is 0. The van der Waals surface area contributed by atoms with Gasteiger partial charge in [0.25, 0.3) is 0 Å². The van der Waals surface area contributed by atoms with Gasteiger partial charge in [-0.25, -0.2) is 4.79 Å². The maximum Gasteiger partial charge on any atom is 0.411 e. The monoisotopic (exact) mass is 500 g/mol. The van der Waals surface area contributed by atoms with Gasteiger partial charge in [0, 0.05) is 35.9 Å². The summed E-state index contributed by atoms with van der Waals surface area (Å²) in [6.45, 7) is 2.28. The van der Waals surface area contributed by atoms with Crippen molar-refractivity contribution in [3.8, 4) is 0 Å². The molecule has 1 aliphatic rings.